The Hall–Kier alpha value is -0.0300. The molecule has 0 radical (unpaired) electrons. The van der Waals surface area contributed by atoms with Crippen molar-refractivity contribution in [2.24, 2.45) is 5.41 Å². The number of halogens is 2. The molecule has 1 spiro atoms. The molecule has 4 fully saturated rings. The van der Waals surface area contributed by atoms with Crippen LogP contribution in [0.3, 0.4) is 0 Å². The van der Waals surface area contributed by atoms with Crippen molar-refractivity contribution < 1.29 is 4.79 Å². The van der Waals surface area contributed by atoms with Gasteiger partial charge in [-0.3, -0.25) is 9.69 Å². The van der Waals surface area contributed by atoms with Crippen LogP contribution in [-0.2, 0) is 4.79 Å². The summed E-state index contributed by atoms with van der Waals surface area (Å²) in [5.41, 5.74) is 0.652. The molecule has 2 bridgehead atoms. The van der Waals surface area contributed by atoms with Gasteiger partial charge in [-0.15, -0.1) is 24.8 Å². The molecule has 0 aromatic rings. The molecule has 1 N–H and O–H groups in total. The molecule has 6 heteroatoms. The van der Waals surface area contributed by atoms with Crippen molar-refractivity contribution in [2.75, 3.05) is 26.7 Å². The Balaban J connectivity index is 0.00000104. The van der Waals surface area contributed by atoms with Gasteiger partial charge in [0.1, 0.15) is 0 Å². The predicted octanol–water partition coefficient (Wildman–Crippen LogP) is 2.84. The number of hydrogen-bond donors (Lipinski definition) is 1. The highest BCUT2D eigenvalue weighted by Crippen LogP contribution is 2.46. The summed E-state index contributed by atoms with van der Waals surface area (Å²) in [5, 5.41) is 3.52. The van der Waals surface area contributed by atoms with Crippen molar-refractivity contribution in [1.82, 2.24) is 15.1 Å². The van der Waals surface area contributed by atoms with E-state index in [0.717, 1.165) is 19.0 Å². The lowest BCUT2D eigenvalue weighted by Crippen LogP contribution is -2.49. The average Bonchev–Trinajstić information content (AvgIpc) is 2.85. The Morgan fingerprint density at radius 3 is 2.21 bits per heavy atom. The molecule has 1 aliphatic carbocycles. The Bertz CT molecular complexity index is 432. The van der Waals surface area contributed by atoms with Gasteiger partial charge in [0.25, 0.3) is 0 Å². The number of likely N-dealkylation sites (N-methyl/N-ethyl adjacent to an activating group) is 1. The zero-order valence-electron chi connectivity index (χ0n) is 14.8. The van der Waals surface area contributed by atoms with Crippen molar-refractivity contribution in [3.8, 4) is 0 Å². The van der Waals surface area contributed by atoms with E-state index in [0.29, 0.717) is 23.4 Å². The minimum Gasteiger partial charge on any atom is -0.344 e. The molecule has 3 aliphatic heterocycles. The van der Waals surface area contributed by atoms with E-state index < -0.39 is 0 Å². The number of nitrogens with one attached hydrogen (secondary N) is 1. The van der Waals surface area contributed by atoms with Gasteiger partial charge in [-0.25, -0.2) is 0 Å². The fraction of sp³-hybridized carbons (Fsp3) is 0.944. The minimum absolute atomic E-state index is 0. The fourth-order valence-corrected chi connectivity index (χ4v) is 5.72. The van der Waals surface area contributed by atoms with Crippen LogP contribution in [0.15, 0.2) is 0 Å². The Kier molecular flexibility index (Phi) is 6.86. The zero-order valence-corrected chi connectivity index (χ0v) is 16.5. The van der Waals surface area contributed by atoms with Gasteiger partial charge < -0.3 is 10.2 Å². The van der Waals surface area contributed by atoms with Crippen LogP contribution in [0.1, 0.15) is 57.8 Å². The van der Waals surface area contributed by atoms with Crippen LogP contribution >= 0.6 is 24.8 Å². The lowest BCUT2D eigenvalue weighted by molar-refractivity contribution is -0.130. The number of likely N-dealkylation sites (tertiary alicyclic amines) is 1. The first-order valence-corrected chi connectivity index (χ1v) is 9.39. The monoisotopic (exact) mass is 377 g/mol. The van der Waals surface area contributed by atoms with Crippen molar-refractivity contribution in [3.63, 3.8) is 0 Å². The third-order valence-corrected chi connectivity index (χ3v) is 7.10. The number of rotatable bonds is 1. The molecule has 0 aromatic carbocycles. The van der Waals surface area contributed by atoms with Gasteiger partial charge in [0.15, 0.2) is 0 Å². The molecule has 1 saturated carbocycles. The molecule has 140 valence electrons. The smallest absolute Gasteiger partial charge is 0.223 e. The van der Waals surface area contributed by atoms with E-state index in [2.05, 4.69) is 10.2 Å². The van der Waals surface area contributed by atoms with E-state index in [9.17, 15) is 4.79 Å². The standard InChI is InChI=1S/C18H31N3O.2ClH/c1-20-13-16-3-2-15(12-17(20)22)21(16)14-4-6-18(7-5-14)8-10-19-11-9-18;;/h14-16,19H,2-13H2,1H3;2*1H/t15-,16+;;/m1../s1. The van der Waals surface area contributed by atoms with Crippen molar-refractivity contribution in [3.05, 3.63) is 0 Å². The molecule has 2 atom stereocenters. The van der Waals surface area contributed by atoms with Crippen LogP contribution in [0.4, 0.5) is 0 Å². The second-order valence-electron chi connectivity index (χ2n) is 8.29. The zero-order chi connectivity index (χ0) is 15.2. The van der Waals surface area contributed by atoms with Gasteiger partial charge in [0, 0.05) is 38.1 Å². The van der Waals surface area contributed by atoms with Gasteiger partial charge >= 0.3 is 0 Å². The van der Waals surface area contributed by atoms with Crippen molar-refractivity contribution in [1.29, 1.82) is 0 Å². The first-order valence-electron chi connectivity index (χ1n) is 9.39. The molecule has 0 aromatic heterocycles. The van der Waals surface area contributed by atoms with Crippen LogP contribution in [0.5, 0.6) is 0 Å². The number of nitrogens with zero attached hydrogens (tertiary/aromatic N) is 2. The molecule has 3 heterocycles. The summed E-state index contributed by atoms with van der Waals surface area (Å²) in [4.78, 5) is 16.9. The molecule has 4 rings (SSSR count). The molecule has 24 heavy (non-hydrogen) atoms. The second kappa shape index (κ2) is 8.11. The maximum absolute atomic E-state index is 12.2. The highest BCUT2D eigenvalue weighted by Gasteiger charge is 2.45. The van der Waals surface area contributed by atoms with Gasteiger partial charge in [0.2, 0.25) is 5.91 Å². The average molecular weight is 378 g/mol. The molecular formula is C18H33Cl2N3O. The first kappa shape index (κ1) is 20.3. The Labute approximate surface area is 158 Å². The van der Waals surface area contributed by atoms with E-state index in [-0.39, 0.29) is 24.8 Å². The number of carbonyl (C=O) groups is 1. The number of piperidine rings is 1. The topological polar surface area (TPSA) is 35.6 Å². The molecule has 4 nitrogen and oxygen atoms in total. The Morgan fingerprint density at radius 1 is 0.917 bits per heavy atom. The van der Waals surface area contributed by atoms with Crippen molar-refractivity contribution in [2.45, 2.75) is 75.9 Å². The summed E-state index contributed by atoms with van der Waals surface area (Å²) in [7, 11) is 1.99. The fourth-order valence-electron chi connectivity index (χ4n) is 5.72. The molecule has 0 unspecified atom stereocenters. The number of hydrogen-bond acceptors (Lipinski definition) is 3. The van der Waals surface area contributed by atoms with Gasteiger partial charge in [-0.1, -0.05) is 0 Å². The number of fused-ring (bicyclic) bond motifs is 2. The number of amides is 1. The maximum Gasteiger partial charge on any atom is 0.223 e. The van der Waals surface area contributed by atoms with Gasteiger partial charge in [0.05, 0.1) is 0 Å². The molecule has 1 amide bonds. The maximum atomic E-state index is 12.2. The molecule has 4 aliphatic rings. The third-order valence-electron chi connectivity index (χ3n) is 7.10. The van der Waals surface area contributed by atoms with Crippen LogP contribution in [-0.4, -0.2) is 60.5 Å². The summed E-state index contributed by atoms with van der Waals surface area (Å²) in [6.07, 6.45) is 11.6. The van der Waals surface area contributed by atoms with E-state index >= 15 is 0 Å². The van der Waals surface area contributed by atoms with Crippen LogP contribution < -0.4 is 5.32 Å². The SMILES string of the molecule is CN1C[C@@H]2CC[C@H](CC1=O)N2C1CCC2(CCNCC2)CC1.Cl.Cl. The third kappa shape index (κ3) is 3.72. The second-order valence-corrected chi connectivity index (χ2v) is 8.29. The molecule has 3 saturated heterocycles. The van der Waals surface area contributed by atoms with E-state index in [1.807, 2.05) is 11.9 Å². The summed E-state index contributed by atoms with van der Waals surface area (Å²) in [5.74, 6) is 0.364. The summed E-state index contributed by atoms with van der Waals surface area (Å²) in [6.45, 7) is 3.40. The van der Waals surface area contributed by atoms with E-state index in [1.54, 1.807) is 0 Å². The quantitative estimate of drug-likeness (QED) is 0.762. The largest absolute Gasteiger partial charge is 0.344 e. The van der Waals surface area contributed by atoms with E-state index in [1.165, 1.54) is 64.5 Å². The first-order chi connectivity index (χ1) is 10.7. The summed E-state index contributed by atoms with van der Waals surface area (Å²) >= 11 is 0. The lowest BCUT2D eigenvalue weighted by atomic mass is 9.67. The molecular weight excluding hydrogens is 345 g/mol. The summed E-state index contributed by atoms with van der Waals surface area (Å²) < 4.78 is 0. The van der Waals surface area contributed by atoms with Crippen LogP contribution in [0.25, 0.3) is 0 Å². The van der Waals surface area contributed by atoms with Gasteiger partial charge in [-0.05, 0) is 69.9 Å². The normalized spacial score (nSPS) is 33.7. The van der Waals surface area contributed by atoms with Gasteiger partial charge in [-0.2, -0.15) is 0 Å². The minimum atomic E-state index is 0. The highest BCUT2D eigenvalue weighted by molar-refractivity contribution is 5.85. The Morgan fingerprint density at radius 2 is 1.54 bits per heavy atom. The lowest BCUT2D eigenvalue weighted by Gasteiger charge is -2.47. The predicted molar refractivity (Wildman–Crippen MR) is 102 cm³/mol. The summed E-state index contributed by atoms with van der Waals surface area (Å²) in [6, 6.07) is 1.92. The van der Waals surface area contributed by atoms with Crippen LogP contribution in [0.2, 0.25) is 0 Å². The van der Waals surface area contributed by atoms with Crippen molar-refractivity contribution >= 4 is 30.7 Å². The highest BCUT2D eigenvalue weighted by atomic mass is 35.5. The van der Waals surface area contributed by atoms with E-state index in [4.69, 9.17) is 0 Å². The van der Waals surface area contributed by atoms with Crippen LogP contribution in [0, 0.1) is 5.41 Å². The number of carbonyl (C=O) groups excluding carboxylic acids is 1.